The Kier molecular flexibility index (Phi) is 8.26. The van der Waals surface area contributed by atoms with Gasteiger partial charge in [0, 0.05) is 18.7 Å². The second-order valence-corrected chi connectivity index (χ2v) is 6.96. The molecular weight excluding hydrogens is 396 g/mol. The molecule has 0 atom stereocenters. The van der Waals surface area contributed by atoms with E-state index in [-0.39, 0.29) is 30.6 Å². The molecule has 0 saturated carbocycles. The van der Waals surface area contributed by atoms with Crippen molar-refractivity contribution in [2.45, 2.75) is 20.8 Å². The highest BCUT2D eigenvalue weighted by molar-refractivity contribution is 8.18. The number of ether oxygens (including phenoxy) is 2. The minimum Gasteiger partial charge on any atom is -0.481 e. The first-order valence-corrected chi connectivity index (χ1v) is 10.1. The molecule has 3 amide bonds. The maximum absolute atomic E-state index is 12.6. The van der Waals surface area contributed by atoms with E-state index in [1.165, 1.54) is 6.08 Å². The van der Waals surface area contributed by atoms with Crippen molar-refractivity contribution in [1.29, 1.82) is 0 Å². The van der Waals surface area contributed by atoms with Gasteiger partial charge in [-0.15, -0.1) is 0 Å². The number of nitrogens with zero attached hydrogens (tertiary/aromatic N) is 2. The van der Waals surface area contributed by atoms with Gasteiger partial charge >= 0.3 is 5.97 Å². The van der Waals surface area contributed by atoms with Crippen LogP contribution in [0.4, 0.5) is 4.79 Å². The van der Waals surface area contributed by atoms with Gasteiger partial charge in [-0.2, -0.15) is 0 Å². The lowest BCUT2D eigenvalue weighted by Crippen LogP contribution is -2.41. The molecule has 0 radical (unpaired) electrons. The SMILES string of the molecule is CCOC(=O)COc1ccccc1/C=C1\SC(=O)N(CC(=O)N(CC)CC)C1=O. The fraction of sp³-hybridized carbons (Fsp3) is 0.400. The lowest BCUT2D eigenvalue weighted by Gasteiger charge is -2.21. The average Bonchev–Trinajstić information content (AvgIpc) is 2.96. The van der Waals surface area contributed by atoms with Gasteiger partial charge in [0.15, 0.2) is 6.61 Å². The summed E-state index contributed by atoms with van der Waals surface area (Å²) in [4.78, 5) is 51.4. The van der Waals surface area contributed by atoms with Crippen LogP contribution in [-0.2, 0) is 19.1 Å². The van der Waals surface area contributed by atoms with Crippen LogP contribution in [0.1, 0.15) is 26.3 Å². The van der Waals surface area contributed by atoms with E-state index in [1.54, 1.807) is 36.1 Å². The number of amides is 3. The molecule has 1 saturated heterocycles. The number of hydrogen-bond donors (Lipinski definition) is 0. The Morgan fingerprint density at radius 1 is 1.14 bits per heavy atom. The number of para-hydroxylation sites is 1. The molecule has 1 aliphatic rings. The molecule has 0 spiro atoms. The molecule has 0 unspecified atom stereocenters. The Morgan fingerprint density at radius 3 is 2.48 bits per heavy atom. The fourth-order valence-electron chi connectivity index (χ4n) is 2.66. The molecule has 29 heavy (non-hydrogen) atoms. The van der Waals surface area contributed by atoms with Gasteiger partial charge in [0.1, 0.15) is 12.3 Å². The topological polar surface area (TPSA) is 93.2 Å². The number of hydrogen-bond acceptors (Lipinski definition) is 7. The second kappa shape index (κ2) is 10.7. The van der Waals surface area contributed by atoms with E-state index < -0.39 is 17.1 Å². The summed E-state index contributed by atoms with van der Waals surface area (Å²) in [6.45, 7) is 6.09. The highest BCUT2D eigenvalue weighted by atomic mass is 32.2. The molecule has 0 aliphatic carbocycles. The highest BCUT2D eigenvalue weighted by Crippen LogP contribution is 2.33. The largest absolute Gasteiger partial charge is 0.481 e. The zero-order valence-electron chi connectivity index (χ0n) is 16.7. The van der Waals surface area contributed by atoms with E-state index in [9.17, 15) is 19.2 Å². The van der Waals surface area contributed by atoms with Crippen LogP contribution in [0, 0.1) is 0 Å². The predicted molar refractivity (Wildman–Crippen MR) is 109 cm³/mol. The lowest BCUT2D eigenvalue weighted by molar-refractivity contribution is -0.145. The summed E-state index contributed by atoms with van der Waals surface area (Å²) in [5.41, 5.74) is 0.539. The van der Waals surface area contributed by atoms with Gasteiger partial charge in [-0.05, 0) is 44.7 Å². The maximum Gasteiger partial charge on any atom is 0.344 e. The molecule has 0 bridgehead atoms. The number of likely N-dealkylation sites (N-methyl/N-ethyl adjacent to an activating group) is 1. The van der Waals surface area contributed by atoms with E-state index >= 15 is 0 Å². The summed E-state index contributed by atoms with van der Waals surface area (Å²) in [5, 5.41) is -0.494. The number of thioether (sulfide) groups is 1. The third kappa shape index (κ3) is 5.83. The minimum absolute atomic E-state index is 0.189. The third-order valence-electron chi connectivity index (χ3n) is 4.14. The van der Waals surface area contributed by atoms with Gasteiger partial charge in [-0.1, -0.05) is 18.2 Å². The molecule has 0 aromatic heterocycles. The lowest BCUT2D eigenvalue weighted by atomic mass is 10.2. The number of esters is 1. The molecule has 1 heterocycles. The number of imide groups is 1. The van der Waals surface area contributed by atoms with Crippen LogP contribution in [0.2, 0.25) is 0 Å². The number of carbonyl (C=O) groups excluding carboxylic acids is 4. The van der Waals surface area contributed by atoms with Gasteiger partial charge in [-0.25, -0.2) is 4.79 Å². The predicted octanol–water partition coefficient (Wildman–Crippen LogP) is 2.53. The zero-order valence-corrected chi connectivity index (χ0v) is 17.5. The van der Waals surface area contributed by atoms with Gasteiger partial charge in [0.25, 0.3) is 11.1 Å². The smallest absolute Gasteiger partial charge is 0.344 e. The summed E-state index contributed by atoms with van der Waals surface area (Å²) >= 11 is 0.767. The molecule has 2 rings (SSSR count). The van der Waals surface area contributed by atoms with Crippen LogP contribution in [0.15, 0.2) is 29.2 Å². The summed E-state index contributed by atoms with van der Waals surface area (Å²) < 4.78 is 10.3. The van der Waals surface area contributed by atoms with Crippen LogP contribution < -0.4 is 4.74 Å². The summed E-state index contributed by atoms with van der Waals surface area (Å²) in [6, 6.07) is 6.83. The van der Waals surface area contributed by atoms with Crippen molar-refractivity contribution in [2.24, 2.45) is 0 Å². The van der Waals surface area contributed by atoms with Crippen LogP contribution in [0.5, 0.6) is 5.75 Å². The summed E-state index contributed by atoms with van der Waals surface area (Å²) in [6.07, 6.45) is 1.52. The van der Waals surface area contributed by atoms with Gasteiger partial charge < -0.3 is 14.4 Å². The molecule has 156 valence electrons. The van der Waals surface area contributed by atoms with E-state index in [1.807, 2.05) is 13.8 Å². The zero-order chi connectivity index (χ0) is 21.4. The normalized spacial score (nSPS) is 15.0. The van der Waals surface area contributed by atoms with Crippen molar-refractivity contribution in [2.75, 3.05) is 32.8 Å². The van der Waals surface area contributed by atoms with Crippen molar-refractivity contribution < 1.29 is 28.7 Å². The first-order valence-electron chi connectivity index (χ1n) is 9.31. The van der Waals surface area contributed by atoms with E-state index in [0.29, 0.717) is 24.4 Å². The van der Waals surface area contributed by atoms with Crippen LogP contribution in [0.3, 0.4) is 0 Å². The first kappa shape index (κ1) is 22.5. The van der Waals surface area contributed by atoms with Crippen molar-refractivity contribution in [3.8, 4) is 5.75 Å². The van der Waals surface area contributed by atoms with Gasteiger partial charge in [0.05, 0.1) is 11.5 Å². The fourth-order valence-corrected chi connectivity index (χ4v) is 3.49. The maximum atomic E-state index is 12.6. The van der Waals surface area contributed by atoms with Crippen molar-refractivity contribution in [3.05, 3.63) is 34.7 Å². The summed E-state index contributed by atoms with van der Waals surface area (Å²) in [7, 11) is 0. The number of benzene rings is 1. The monoisotopic (exact) mass is 420 g/mol. The van der Waals surface area contributed by atoms with Crippen LogP contribution in [0.25, 0.3) is 6.08 Å². The second-order valence-electron chi connectivity index (χ2n) is 5.97. The van der Waals surface area contributed by atoms with Gasteiger partial charge in [0.2, 0.25) is 5.91 Å². The molecule has 1 aliphatic heterocycles. The Hall–Kier alpha value is -2.81. The van der Waals surface area contributed by atoms with Crippen LogP contribution in [-0.4, -0.2) is 65.7 Å². The quantitative estimate of drug-likeness (QED) is 0.448. The molecule has 1 aromatic carbocycles. The highest BCUT2D eigenvalue weighted by Gasteiger charge is 2.37. The van der Waals surface area contributed by atoms with Crippen molar-refractivity contribution in [1.82, 2.24) is 9.80 Å². The number of rotatable bonds is 9. The van der Waals surface area contributed by atoms with Crippen molar-refractivity contribution >= 4 is 40.9 Å². The molecule has 8 nitrogen and oxygen atoms in total. The Labute approximate surface area is 173 Å². The first-order chi connectivity index (χ1) is 13.9. The van der Waals surface area contributed by atoms with Crippen LogP contribution >= 0.6 is 11.8 Å². The standard InChI is InChI=1S/C20H24N2O6S/c1-4-21(5-2)17(23)12-22-19(25)16(29-20(22)26)11-14-9-7-8-10-15(14)28-13-18(24)27-6-3/h7-11H,4-6,12-13H2,1-3H3/b16-11-. The average molecular weight is 420 g/mol. The molecule has 9 heteroatoms. The number of carbonyl (C=O) groups is 4. The minimum atomic E-state index is -0.527. The molecule has 1 aromatic rings. The Balaban J connectivity index is 2.15. The molecule has 0 N–H and O–H groups in total. The Morgan fingerprint density at radius 2 is 1.83 bits per heavy atom. The van der Waals surface area contributed by atoms with Gasteiger partial charge in [-0.3, -0.25) is 19.3 Å². The third-order valence-corrected chi connectivity index (χ3v) is 5.05. The van der Waals surface area contributed by atoms with E-state index in [0.717, 1.165) is 16.7 Å². The molecular formula is C20H24N2O6S. The Bertz CT molecular complexity index is 819. The van der Waals surface area contributed by atoms with E-state index in [2.05, 4.69) is 0 Å². The summed E-state index contributed by atoms with van der Waals surface area (Å²) in [5.74, 6) is -0.929. The van der Waals surface area contributed by atoms with Crippen molar-refractivity contribution in [3.63, 3.8) is 0 Å². The van der Waals surface area contributed by atoms with E-state index in [4.69, 9.17) is 9.47 Å². The molecule has 1 fully saturated rings.